The number of rotatable bonds is 7. The normalized spacial score (nSPS) is 14.6. The summed E-state index contributed by atoms with van der Waals surface area (Å²) in [4.78, 5) is 2.54. The Morgan fingerprint density at radius 3 is 0.962 bits per heavy atom. The van der Waals surface area contributed by atoms with Crippen LogP contribution >= 0.6 is 0 Å². The summed E-state index contributed by atoms with van der Waals surface area (Å²) in [6.07, 6.45) is 0. The zero-order valence-electron chi connectivity index (χ0n) is 46.0. The van der Waals surface area contributed by atoms with Crippen LogP contribution in [0, 0.1) is 6.92 Å². The fourth-order valence-corrected chi connectivity index (χ4v) is 14.1. The summed E-state index contributed by atoms with van der Waals surface area (Å²) >= 11 is 0. The second kappa shape index (κ2) is 17.2. The quantitative estimate of drug-likeness (QED) is 0.154. The molecule has 3 aliphatic carbocycles. The van der Waals surface area contributed by atoms with Crippen molar-refractivity contribution in [2.24, 2.45) is 0 Å². The molecule has 0 heterocycles. The fourth-order valence-electron chi connectivity index (χ4n) is 14.1. The first-order valence-corrected chi connectivity index (χ1v) is 28.1. The number of nitrogens with zero attached hydrogens (tertiary/aromatic N) is 1. The van der Waals surface area contributed by atoms with Gasteiger partial charge in [-0.3, -0.25) is 0 Å². The lowest BCUT2D eigenvalue weighted by atomic mass is 9.80. The molecule has 0 radical (unpaired) electrons. The third-order valence-electron chi connectivity index (χ3n) is 18.6. The van der Waals surface area contributed by atoms with Crippen molar-refractivity contribution in [3.8, 4) is 77.9 Å². The highest BCUT2D eigenvalue weighted by molar-refractivity contribution is 5.94. The van der Waals surface area contributed by atoms with Gasteiger partial charge >= 0.3 is 0 Å². The minimum Gasteiger partial charge on any atom is -0.310 e. The Morgan fingerprint density at radius 1 is 0.228 bits per heavy atom. The molecular formula is C78H61N. The summed E-state index contributed by atoms with van der Waals surface area (Å²) in [5.41, 5.74) is 30.1. The van der Waals surface area contributed by atoms with Crippen molar-refractivity contribution in [3.63, 3.8) is 0 Å². The molecule has 0 saturated carbocycles. The molecular weight excluding hydrogens is 951 g/mol. The van der Waals surface area contributed by atoms with Gasteiger partial charge in [0.15, 0.2) is 0 Å². The van der Waals surface area contributed by atoms with E-state index >= 15 is 0 Å². The van der Waals surface area contributed by atoms with Crippen molar-refractivity contribution >= 4 is 38.6 Å². The van der Waals surface area contributed by atoms with Gasteiger partial charge in [0.1, 0.15) is 0 Å². The van der Waals surface area contributed by atoms with Crippen LogP contribution in [0.25, 0.3) is 99.4 Å². The molecule has 1 heteroatoms. The average Bonchev–Trinajstić information content (AvgIpc) is 3.72. The predicted octanol–water partition coefficient (Wildman–Crippen LogP) is 21.4. The van der Waals surface area contributed by atoms with Gasteiger partial charge in [0, 0.05) is 33.3 Å². The molecule has 79 heavy (non-hydrogen) atoms. The smallest absolute Gasteiger partial charge is 0.0465 e. The van der Waals surface area contributed by atoms with Crippen LogP contribution < -0.4 is 4.90 Å². The molecule has 0 spiro atoms. The minimum atomic E-state index is -0.245. The molecule has 12 aromatic carbocycles. The zero-order valence-corrected chi connectivity index (χ0v) is 46.0. The molecule has 0 N–H and O–H groups in total. The van der Waals surface area contributed by atoms with Gasteiger partial charge in [0.25, 0.3) is 0 Å². The van der Waals surface area contributed by atoms with E-state index in [1.165, 1.54) is 138 Å². The van der Waals surface area contributed by atoms with E-state index in [0.29, 0.717) is 0 Å². The minimum absolute atomic E-state index is 0.234. The molecule has 0 aliphatic heterocycles. The maximum absolute atomic E-state index is 2.54. The highest BCUT2D eigenvalue weighted by atomic mass is 15.1. The number of hydrogen-bond donors (Lipinski definition) is 0. The molecule has 378 valence electrons. The van der Waals surface area contributed by atoms with Gasteiger partial charge < -0.3 is 4.90 Å². The number of anilines is 3. The summed E-state index contributed by atoms with van der Waals surface area (Å²) in [5.74, 6) is 0. The number of benzene rings is 12. The van der Waals surface area contributed by atoms with Crippen LogP contribution in [0.2, 0.25) is 0 Å². The van der Waals surface area contributed by atoms with E-state index in [1.54, 1.807) is 0 Å². The van der Waals surface area contributed by atoms with Crippen molar-refractivity contribution in [2.75, 3.05) is 4.90 Å². The van der Waals surface area contributed by atoms with Crippen molar-refractivity contribution in [1.82, 2.24) is 0 Å². The first-order valence-electron chi connectivity index (χ1n) is 28.1. The third-order valence-corrected chi connectivity index (χ3v) is 18.6. The fraction of sp³-hybridized carbons (Fsp3) is 0.128. The van der Waals surface area contributed by atoms with Crippen molar-refractivity contribution in [3.05, 3.63) is 282 Å². The molecule has 0 bridgehead atoms. The van der Waals surface area contributed by atoms with Crippen molar-refractivity contribution in [1.29, 1.82) is 0 Å². The molecule has 3 aliphatic rings. The average molecular weight is 1010 g/mol. The Bertz CT molecular complexity index is 4350. The Balaban J connectivity index is 0.840. The standard InChI is InChI=1S/C78H61N/c1-48-15-8-13-22-63(48)59-21-14-20-53(41-59)56-27-33-64-67-36-30-60(45-73(67)76(2,3)70(64)42-56)79(61-31-37-68-65-34-28-57(43-71(65)77(4,5)74(68)46-61)54-25-23-49-16-9-11-18-51(49)39-54)62-32-38-69-66-35-29-58(44-72(66)78(6,7)75(69)47-62)55-26-24-50-17-10-12-19-52(50)40-55/h8-47H,1-7H3. The highest BCUT2D eigenvalue weighted by Gasteiger charge is 2.40. The molecule has 12 aromatic rings. The second-order valence-electron chi connectivity index (χ2n) is 24.2. The van der Waals surface area contributed by atoms with Gasteiger partial charge in [-0.15, -0.1) is 0 Å². The molecule has 0 unspecified atom stereocenters. The highest BCUT2D eigenvalue weighted by Crippen LogP contribution is 2.56. The van der Waals surface area contributed by atoms with Gasteiger partial charge in [0.05, 0.1) is 0 Å². The Hall–Kier alpha value is -9.04. The molecule has 0 amide bonds. The SMILES string of the molecule is Cc1ccccc1-c1cccc(-c2ccc3c(c2)C(C)(C)c2cc(N(c4ccc5c(c4)C(C)(C)c4cc(-c6ccc7ccccc7c6)ccc4-5)c4ccc5c(c4)C(C)(C)c4cc(-c6ccc7ccccc7c6)ccc4-5)ccc2-3)c1. The first kappa shape index (κ1) is 47.2. The van der Waals surface area contributed by atoms with Crippen LogP contribution in [0.5, 0.6) is 0 Å². The van der Waals surface area contributed by atoms with Crippen LogP contribution in [0.4, 0.5) is 17.1 Å². The van der Waals surface area contributed by atoms with Crippen molar-refractivity contribution in [2.45, 2.75) is 64.7 Å². The van der Waals surface area contributed by atoms with Gasteiger partial charge in [-0.25, -0.2) is 0 Å². The summed E-state index contributed by atoms with van der Waals surface area (Å²) in [5, 5.41) is 5.06. The van der Waals surface area contributed by atoms with Crippen LogP contribution in [0.3, 0.4) is 0 Å². The Labute approximate surface area is 465 Å². The van der Waals surface area contributed by atoms with Gasteiger partial charge in [-0.1, -0.05) is 211 Å². The van der Waals surface area contributed by atoms with Crippen LogP contribution in [0.1, 0.15) is 80.5 Å². The summed E-state index contributed by atoms with van der Waals surface area (Å²) in [6.45, 7) is 16.7. The summed E-state index contributed by atoms with van der Waals surface area (Å²) < 4.78 is 0. The third kappa shape index (κ3) is 7.29. The van der Waals surface area contributed by atoms with Gasteiger partial charge in [0.2, 0.25) is 0 Å². The van der Waals surface area contributed by atoms with Crippen molar-refractivity contribution < 1.29 is 0 Å². The van der Waals surface area contributed by atoms with E-state index in [-0.39, 0.29) is 16.2 Å². The Kier molecular flexibility index (Phi) is 10.3. The summed E-state index contributed by atoms with van der Waals surface area (Å²) in [6, 6.07) is 92.0. The summed E-state index contributed by atoms with van der Waals surface area (Å²) in [7, 11) is 0. The van der Waals surface area contributed by atoms with E-state index < -0.39 is 0 Å². The first-order chi connectivity index (χ1) is 38.3. The topological polar surface area (TPSA) is 3.24 Å². The van der Waals surface area contributed by atoms with E-state index in [1.807, 2.05) is 0 Å². The number of fused-ring (bicyclic) bond motifs is 11. The number of aryl methyl sites for hydroxylation is 1. The maximum Gasteiger partial charge on any atom is 0.0465 e. The molecule has 1 nitrogen and oxygen atoms in total. The molecule has 0 aromatic heterocycles. The largest absolute Gasteiger partial charge is 0.310 e. The molecule has 0 fully saturated rings. The number of hydrogen-bond acceptors (Lipinski definition) is 1. The van der Waals surface area contributed by atoms with Gasteiger partial charge in [-0.2, -0.15) is 0 Å². The maximum atomic E-state index is 2.54. The molecule has 0 atom stereocenters. The van der Waals surface area contributed by atoms with Gasteiger partial charge in [-0.05, 0) is 218 Å². The lowest BCUT2D eigenvalue weighted by molar-refractivity contribution is 0.659. The van der Waals surface area contributed by atoms with Crippen LogP contribution in [-0.4, -0.2) is 0 Å². The van der Waals surface area contributed by atoms with Crippen LogP contribution in [0.15, 0.2) is 243 Å². The monoisotopic (exact) mass is 1010 g/mol. The van der Waals surface area contributed by atoms with E-state index in [4.69, 9.17) is 0 Å². The predicted molar refractivity (Wildman–Crippen MR) is 335 cm³/mol. The zero-order chi connectivity index (χ0) is 53.5. The van der Waals surface area contributed by atoms with E-state index in [9.17, 15) is 0 Å². The lowest BCUT2D eigenvalue weighted by Gasteiger charge is -2.31. The van der Waals surface area contributed by atoms with Crippen LogP contribution in [-0.2, 0) is 16.2 Å². The Morgan fingerprint density at radius 2 is 0.544 bits per heavy atom. The lowest BCUT2D eigenvalue weighted by Crippen LogP contribution is -2.19. The van der Waals surface area contributed by atoms with E-state index in [0.717, 1.165) is 17.1 Å². The molecule has 15 rings (SSSR count). The second-order valence-corrected chi connectivity index (χ2v) is 24.2. The molecule has 0 saturated heterocycles. The van der Waals surface area contributed by atoms with E-state index in [2.05, 4.69) is 296 Å².